The molecule has 0 spiro atoms. The highest BCUT2D eigenvalue weighted by atomic mass is 16.3. The van der Waals surface area contributed by atoms with E-state index in [1.165, 1.54) is 0 Å². The number of rotatable bonds is 5. The molecule has 3 heteroatoms. The first-order valence-electron chi connectivity index (χ1n) is 4.04. The number of nitrogens with one attached hydrogen (secondary N) is 1. The normalized spacial score (nSPS) is 12.5. The van der Waals surface area contributed by atoms with Gasteiger partial charge in [-0.3, -0.25) is 5.32 Å². The summed E-state index contributed by atoms with van der Waals surface area (Å²) in [4.78, 5) is 2.13. The minimum Gasteiger partial charge on any atom is -0.376 e. The van der Waals surface area contributed by atoms with E-state index in [1.807, 2.05) is 14.1 Å². The van der Waals surface area contributed by atoms with Crippen molar-refractivity contribution < 1.29 is 5.11 Å². The molecule has 2 N–H and O–H groups in total. The molecule has 0 atom stereocenters. The van der Waals surface area contributed by atoms with Crippen LogP contribution in [0.4, 0.5) is 0 Å². The standard InChI is InChI=1S/C8H20N2O/c1-8(2,11)9-6-5-7-10(3)4/h9,11H,5-7H2,1-4H3. The molecule has 0 heterocycles. The fraction of sp³-hybridized carbons (Fsp3) is 1.00. The van der Waals surface area contributed by atoms with Gasteiger partial charge in [0.05, 0.1) is 0 Å². The molecule has 0 amide bonds. The molecule has 0 unspecified atom stereocenters. The van der Waals surface area contributed by atoms with Gasteiger partial charge in [-0.25, -0.2) is 0 Å². The lowest BCUT2D eigenvalue weighted by molar-refractivity contribution is 0.0432. The van der Waals surface area contributed by atoms with Gasteiger partial charge in [-0.15, -0.1) is 0 Å². The fourth-order valence-electron chi connectivity index (χ4n) is 0.790. The van der Waals surface area contributed by atoms with Gasteiger partial charge in [0.1, 0.15) is 5.72 Å². The average Bonchev–Trinajstić information content (AvgIpc) is 1.78. The maximum Gasteiger partial charge on any atom is 0.110 e. The number of hydrogen-bond acceptors (Lipinski definition) is 3. The zero-order valence-electron chi connectivity index (χ0n) is 8.02. The summed E-state index contributed by atoms with van der Waals surface area (Å²) in [6.07, 6.45) is 1.07. The van der Waals surface area contributed by atoms with Crippen LogP contribution in [0.2, 0.25) is 0 Å². The Labute approximate surface area is 69.4 Å². The number of nitrogens with zero attached hydrogens (tertiary/aromatic N) is 1. The Kier molecular flexibility index (Phi) is 4.65. The van der Waals surface area contributed by atoms with E-state index in [4.69, 9.17) is 0 Å². The first kappa shape index (κ1) is 10.9. The summed E-state index contributed by atoms with van der Waals surface area (Å²) in [7, 11) is 4.09. The highest BCUT2D eigenvalue weighted by Crippen LogP contribution is 1.93. The monoisotopic (exact) mass is 160 g/mol. The van der Waals surface area contributed by atoms with E-state index in [-0.39, 0.29) is 0 Å². The predicted octanol–water partition coefficient (Wildman–Crippen LogP) is 0.256. The van der Waals surface area contributed by atoms with Gasteiger partial charge in [0.25, 0.3) is 0 Å². The average molecular weight is 160 g/mol. The first-order valence-corrected chi connectivity index (χ1v) is 4.04. The van der Waals surface area contributed by atoms with Gasteiger partial charge in [-0.2, -0.15) is 0 Å². The summed E-state index contributed by atoms with van der Waals surface area (Å²) in [6, 6.07) is 0. The summed E-state index contributed by atoms with van der Waals surface area (Å²) in [6.45, 7) is 5.43. The van der Waals surface area contributed by atoms with Crippen LogP contribution in [-0.2, 0) is 0 Å². The lowest BCUT2D eigenvalue weighted by Crippen LogP contribution is -2.40. The van der Waals surface area contributed by atoms with Crippen molar-refractivity contribution in [2.45, 2.75) is 26.0 Å². The fourth-order valence-corrected chi connectivity index (χ4v) is 0.790. The smallest absolute Gasteiger partial charge is 0.110 e. The van der Waals surface area contributed by atoms with Gasteiger partial charge in [-0.05, 0) is 47.5 Å². The Morgan fingerprint density at radius 3 is 2.27 bits per heavy atom. The second-order valence-electron chi connectivity index (χ2n) is 3.64. The molecule has 0 aliphatic rings. The SMILES string of the molecule is CN(C)CCCNC(C)(C)O. The third-order valence-electron chi connectivity index (χ3n) is 1.34. The maximum atomic E-state index is 9.26. The van der Waals surface area contributed by atoms with E-state index < -0.39 is 5.72 Å². The molecule has 0 aromatic heterocycles. The van der Waals surface area contributed by atoms with E-state index >= 15 is 0 Å². The van der Waals surface area contributed by atoms with Gasteiger partial charge in [0.2, 0.25) is 0 Å². The van der Waals surface area contributed by atoms with Crippen molar-refractivity contribution in [2.24, 2.45) is 0 Å². The van der Waals surface area contributed by atoms with Crippen molar-refractivity contribution in [1.82, 2.24) is 10.2 Å². The zero-order chi connectivity index (χ0) is 8.91. The summed E-state index contributed by atoms with van der Waals surface area (Å²) >= 11 is 0. The van der Waals surface area contributed by atoms with Crippen LogP contribution in [0.5, 0.6) is 0 Å². The topological polar surface area (TPSA) is 35.5 Å². The molecule has 0 radical (unpaired) electrons. The molecule has 0 fully saturated rings. The third kappa shape index (κ3) is 9.88. The molecule has 0 aromatic rings. The Morgan fingerprint density at radius 1 is 1.36 bits per heavy atom. The molecule has 3 nitrogen and oxygen atoms in total. The Bertz CT molecular complexity index is 96.8. The number of hydrogen-bond donors (Lipinski definition) is 2. The first-order chi connectivity index (χ1) is 4.92. The van der Waals surface area contributed by atoms with Crippen molar-refractivity contribution >= 4 is 0 Å². The molecule has 0 saturated carbocycles. The molecule has 0 bridgehead atoms. The van der Waals surface area contributed by atoms with Crippen molar-refractivity contribution in [3.63, 3.8) is 0 Å². The highest BCUT2D eigenvalue weighted by molar-refractivity contribution is 4.61. The van der Waals surface area contributed by atoms with Crippen LogP contribution in [0.15, 0.2) is 0 Å². The van der Waals surface area contributed by atoms with Gasteiger partial charge in [-0.1, -0.05) is 0 Å². The van der Waals surface area contributed by atoms with Crippen LogP contribution in [0.1, 0.15) is 20.3 Å². The lowest BCUT2D eigenvalue weighted by Gasteiger charge is -2.19. The highest BCUT2D eigenvalue weighted by Gasteiger charge is 2.08. The van der Waals surface area contributed by atoms with E-state index in [0.29, 0.717) is 0 Å². The maximum absolute atomic E-state index is 9.26. The largest absolute Gasteiger partial charge is 0.376 e. The summed E-state index contributed by atoms with van der Waals surface area (Å²) in [5, 5.41) is 12.3. The van der Waals surface area contributed by atoms with Crippen LogP contribution in [0.25, 0.3) is 0 Å². The van der Waals surface area contributed by atoms with Gasteiger partial charge < -0.3 is 10.0 Å². The quantitative estimate of drug-likeness (QED) is 0.447. The molecule has 11 heavy (non-hydrogen) atoms. The van der Waals surface area contributed by atoms with E-state index in [0.717, 1.165) is 19.5 Å². The molecule has 0 rings (SSSR count). The molecule has 0 aliphatic heterocycles. The Balaban J connectivity index is 3.15. The summed E-state index contributed by atoms with van der Waals surface area (Å²) in [5.74, 6) is 0. The lowest BCUT2D eigenvalue weighted by atomic mass is 10.3. The van der Waals surface area contributed by atoms with Crippen LogP contribution >= 0.6 is 0 Å². The molecule has 0 saturated heterocycles. The van der Waals surface area contributed by atoms with E-state index in [1.54, 1.807) is 13.8 Å². The van der Waals surface area contributed by atoms with Crippen molar-refractivity contribution in [3.05, 3.63) is 0 Å². The van der Waals surface area contributed by atoms with E-state index in [2.05, 4.69) is 10.2 Å². The molecule has 68 valence electrons. The van der Waals surface area contributed by atoms with Crippen molar-refractivity contribution in [1.29, 1.82) is 0 Å². The van der Waals surface area contributed by atoms with Crippen molar-refractivity contribution in [3.8, 4) is 0 Å². The number of aliphatic hydroxyl groups is 1. The molecular formula is C8H20N2O. The minimum atomic E-state index is -0.730. The van der Waals surface area contributed by atoms with Crippen LogP contribution in [-0.4, -0.2) is 42.9 Å². The van der Waals surface area contributed by atoms with Gasteiger partial charge >= 0.3 is 0 Å². The Morgan fingerprint density at radius 2 is 1.91 bits per heavy atom. The predicted molar refractivity (Wildman–Crippen MR) is 47.5 cm³/mol. The van der Waals surface area contributed by atoms with E-state index in [9.17, 15) is 5.11 Å². The molecule has 0 aromatic carbocycles. The summed E-state index contributed by atoms with van der Waals surface area (Å²) < 4.78 is 0. The van der Waals surface area contributed by atoms with Crippen LogP contribution in [0.3, 0.4) is 0 Å². The van der Waals surface area contributed by atoms with Crippen LogP contribution in [0, 0.1) is 0 Å². The van der Waals surface area contributed by atoms with Crippen molar-refractivity contribution in [2.75, 3.05) is 27.2 Å². The summed E-state index contributed by atoms with van der Waals surface area (Å²) in [5.41, 5.74) is -0.730. The third-order valence-corrected chi connectivity index (χ3v) is 1.34. The van der Waals surface area contributed by atoms with Crippen LogP contribution < -0.4 is 5.32 Å². The second kappa shape index (κ2) is 4.70. The minimum absolute atomic E-state index is 0.730. The molecule has 0 aliphatic carbocycles. The van der Waals surface area contributed by atoms with Gasteiger partial charge in [0, 0.05) is 0 Å². The molecular weight excluding hydrogens is 140 g/mol. The van der Waals surface area contributed by atoms with Gasteiger partial charge in [0.15, 0.2) is 0 Å². The Hall–Kier alpha value is -0.120. The second-order valence-corrected chi connectivity index (χ2v) is 3.64. The zero-order valence-corrected chi connectivity index (χ0v) is 8.02.